The van der Waals surface area contributed by atoms with Gasteiger partial charge in [-0.05, 0) is 35.3 Å². The largest absolute Gasteiger partial charge is 0.496 e. The molecule has 0 atom stereocenters. The molecule has 0 aliphatic carbocycles. The number of ether oxygens (including phenoxy) is 2. The second-order valence-electron chi connectivity index (χ2n) is 4.88. The second-order valence-corrected chi connectivity index (χ2v) is 4.88. The minimum Gasteiger partial charge on any atom is -0.496 e. The van der Waals surface area contributed by atoms with Gasteiger partial charge in [-0.2, -0.15) is 0 Å². The zero-order chi connectivity index (χ0) is 16.8. The third-order valence-corrected chi connectivity index (χ3v) is 3.31. The fraction of sp³-hybridized carbons (Fsp3) is 0.176. The number of methoxy groups -OCH3 is 1. The first-order valence-electron chi connectivity index (χ1n) is 7.34. The summed E-state index contributed by atoms with van der Waals surface area (Å²) in [5, 5.41) is 6.32. The van der Waals surface area contributed by atoms with Crippen LogP contribution in [0.4, 0.5) is 4.79 Å². The van der Waals surface area contributed by atoms with Crippen LogP contribution < -0.4 is 14.8 Å². The smallest absolute Gasteiger partial charge is 0.414 e. The molecule has 1 amide bonds. The fourth-order valence-electron chi connectivity index (χ4n) is 2.18. The number of benzene rings is 1. The number of carbonyl (C=O) groups excluding carboxylic acids is 1. The molecule has 24 heavy (non-hydrogen) atoms. The lowest BCUT2D eigenvalue weighted by Crippen LogP contribution is -2.28. The summed E-state index contributed by atoms with van der Waals surface area (Å²) in [7, 11) is 1.61. The Kier molecular flexibility index (Phi) is 4.81. The highest BCUT2D eigenvalue weighted by Crippen LogP contribution is 2.23. The molecule has 0 bridgehead atoms. The molecule has 3 rings (SSSR count). The lowest BCUT2D eigenvalue weighted by atomic mass is 10.1. The fourth-order valence-corrected chi connectivity index (χ4v) is 2.18. The first-order chi connectivity index (χ1) is 11.8. The summed E-state index contributed by atoms with van der Waals surface area (Å²) in [5.41, 5.74) is 1.00. The highest BCUT2D eigenvalue weighted by atomic mass is 16.6. The number of hydrogen-bond acceptors (Lipinski definition) is 6. The number of rotatable bonds is 6. The third-order valence-electron chi connectivity index (χ3n) is 3.31. The maximum atomic E-state index is 11.8. The van der Waals surface area contributed by atoms with Crippen LogP contribution in [0.5, 0.6) is 11.6 Å². The third kappa shape index (κ3) is 3.75. The summed E-state index contributed by atoms with van der Waals surface area (Å²) in [6.07, 6.45) is 1.53. The van der Waals surface area contributed by atoms with Crippen molar-refractivity contribution in [1.82, 2.24) is 10.5 Å². The topological polar surface area (TPSA) is 86.7 Å². The highest BCUT2D eigenvalue weighted by Gasteiger charge is 2.13. The Hall–Kier alpha value is -3.22. The molecular weight excluding hydrogens is 312 g/mol. The first kappa shape index (κ1) is 15.7. The molecule has 0 aliphatic rings. The average molecular weight is 328 g/mol. The van der Waals surface area contributed by atoms with Gasteiger partial charge in [0.2, 0.25) is 5.76 Å². The van der Waals surface area contributed by atoms with Crippen molar-refractivity contribution in [2.24, 2.45) is 0 Å². The molecule has 0 saturated carbocycles. The van der Waals surface area contributed by atoms with E-state index >= 15 is 0 Å². The van der Waals surface area contributed by atoms with E-state index in [0.29, 0.717) is 24.5 Å². The summed E-state index contributed by atoms with van der Waals surface area (Å²) in [6.45, 7) is 0.405. The van der Waals surface area contributed by atoms with E-state index < -0.39 is 6.09 Å². The van der Waals surface area contributed by atoms with Crippen molar-refractivity contribution in [3.05, 3.63) is 54.3 Å². The Morgan fingerprint density at radius 3 is 2.88 bits per heavy atom. The predicted molar refractivity (Wildman–Crippen MR) is 84.9 cm³/mol. The normalized spacial score (nSPS) is 10.4. The molecule has 0 spiro atoms. The van der Waals surface area contributed by atoms with Crippen molar-refractivity contribution in [1.29, 1.82) is 0 Å². The van der Waals surface area contributed by atoms with Crippen molar-refractivity contribution in [3.63, 3.8) is 0 Å². The maximum absolute atomic E-state index is 11.8. The number of nitrogens with zero attached hydrogens (tertiary/aromatic N) is 1. The number of furan rings is 1. The molecular formula is C17H16N2O5. The summed E-state index contributed by atoms with van der Waals surface area (Å²) in [5.74, 6) is 1.74. The monoisotopic (exact) mass is 328 g/mol. The van der Waals surface area contributed by atoms with Crippen LogP contribution in [0.25, 0.3) is 11.5 Å². The van der Waals surface area contributed by atoms with Gasteiger partial charge in [0.25, 0.3) is 5.88 Å². The number of aromatic nitrogens is 1. The lowest BCUT2D eigenvalue weighted by Gasteiger charge is -2.08. The lowest BCUT2D eigenvalue weighted by molar-refractivity contribution is 0.196. The number of hydrogen-bond donors (Lipinski definition) is 1. The van der Waals surface area contributed by atoms with Crippen LogP contribution in [0.15, 0.2) is 57.7 Å². The molecule has 3 aromatic rings. The SMILES string of the molecule is COc1ccccc1CCNC(=O)Oc1cc(-c2ccco2)on1. The van der Waals surface area contributed by atoms with Crippen molar-refractivity contribution in [2.75, 3.05) is 13.7 Å². The number of nitrogens with one attached hydrogen (secondary N) is 1. The van der Waals surface area contributed by atoms with E-state index in [0.717, 1.165) is 11.3 Å². The molecule has 2 heterocycles. The van der Waals surface area contributed by atoms with Crippen LogP contribution in [0.2, 0.25) is 0 Å². The second kappa shape index (κ2) is 7.36. The Morgan fingerprint density at radius 2 is 2.08 bits per heavy atom. The Balaban J connectivity index is 1.49. The molecule has 2 aromatic heterocycles. The van der Waals surface area contributed by atoms with Crippen LogP contribution in [0.1, 0.15) is 5.56 Å². The zero-order valence-corrected chi connectivity index (χ0v) is 13.0. The summed E-state index contributed by atoms with van der Waals surface area (Å²) >= 11 is 0. The Labute approximate surface area is 138 Å². The molecule has 124 valence electrons. The number of para-hydroxylation sites is 1. The zero-order valence-electron chi connectivity index (χ0n) is 13.0. The Bertz CT molecular complexity index is 795. The van der Waals surface area contributed by atoms with E-state index in [1.807, 2.05) is 24.3 Å². The average Bonchev–Trinajstić information content (AvgIpc) is 3.26. The van der Waals surface area contributed by atoms with E-state index in [4.69, 9.17) is 18.4 Å². The van der Waals surface area contributed by atoms with Crippen molar-refractivity contribution >= 4 is 6.09 Å². The van der Waals surface area contributed by atoms with Crippen LogP contribution >= 0.6 is 0 Å². The van der Waals surface area contributed by atoms with Gasteiger partial charge in [0.05, 0.1) is 19.4 Å². The number of amides is 1. The molecule has 0 radical (unpaired) electrons. The van der Waals surface area contributed by atoms with E-state index in [1.165, 1.54) is 12.3 Å². The maximum Gasteiger partial charge on any atom is 0.414 e. The molecule has 7 nitrogen and oxygen atoms in total. The van der Waals surface area contributed by atoms with Crippen molar-refractivity contribution in [3.8, 4) is 23.1 Å². The van der Waals surface area contributed by atoms with Crippen LogP contribution in [-0.2, 0) is 6.42 Å². The van der Waals surface area contributed by atoms with Gasteiger partial charge >= 0.3 is 6.09 Å². The number of carbonyl (C=O) groups is 1. The van der Waals surface area contributed by atoms with E-state index in [-0.39, 0.29) is 5.88 Å². The first-order valence-corrected chi connectivity index (χ1v) is 7.34. The van der Waals surface area contributed by atoms with Crippen LogP contribution in [0, 0.1) is 0 Å². The molecule has 0 unspecified atom stereocenters. The predicted octanol–water partition coefficient (Wildman–Crippen LogP) is 3.27. The minimum atomic E-state index is -0.607. The van der Waals surface area contributed by atoms with Crippen LogP contribution in [0.3, 0.4) is 0 Å². The quantitative estimate of drug-likeness (QED) is 0.747. The van der Waals surface area contributed by atoms with Crippen molar-refractivity contribution in [2.45, 2.75) is 6.42 Å². The molecule has 1 N–H and O–H groups in total. The van der Waals surface area contributed by atoms with Gasteiger partial charge in [-0.15, -0.1) is 0 Å². The van der Waals surface area contributed by atoms with Gasteiger partial charge in [0.15, 0.2) is 5.76 Å². The van der Waals surface area contributed by atoms with Gasteiger partial charge < -0.3 is 23.7 Å². The van der Waals surface area contributed by atoms with E-state index in [9.17, 15) is 4.79 Å². The van der Waals surface area contributed by atoms with Gasteiger partial charge in [-0.3, -0.25) is 0 Å². The van der Waals surface area contributed by atoms with Crippen LogP contribution in [-0.4, -0.2) is 24.9 Å². The van der Waals surface area contributed by atoms with Crippen molar-refractivity contribution < 1.29 is 23.2 Å². The van der Waals surface area contributed by atoms with Gasteiger partial charge in [-0.1, -0.05) is 18.2 Å². The highest BCUT2D eigenvalue weighted by molar-refractivity contribution is 5.70. The molecule has 0 saturated heterocycles. The molecule has 1 aromatic carbocycles. The van der Waals surface area contributed by atoms with Gasteiger partial charge in [0, 0.05) is 6.54 Å². The molecule has 0 aliphatic heterocycles. The molecule has 0 fully saturated rings. The van der Waals surface area contributed by atoms with E-state index in [2.05, 4.69) is 10.5 Å². The summed E-state index contributed by atoms with van der Waals surface area (Å²) in [4.78, 5) is 11.8. The summed E-state index contributed by atoms with van der Waals surface area (Å²) in [6, 6.07) is 12.6. The molecule has 7 heteroatoms. The van der Waals surface area contributed by atoms with Gasteiger partial charge in [0.1, 0.15) is 5.75 Å². The standard InChI is InChI=1S/C17H16N2O5/c1-21-13-6-3-2-5-12(13)8-9-18-17(20)23-16-11-15(24-19-16)14-7-4-10-22-14/h2-7,10-11H,8-9H2,1H3,(H,18,20). The van der Waals surface area contributed by atoms with Gasteiger partial charge in [-0.25, -0.2) is 4.79 Å². The van der Waals surface area contributed by atoms with E-state index in [1.54, 1.807) is 19.2 Å². The summed E-state index contributed by atoms with van der Waals surface area (Å²) < 4.78 is 20.5. The Morgan fingerprint density at radius 1 is 1.21 bits per heavy atom. The minimum absolute atomic E-state index is 0.0659.